The van der Waals surface area contributed by atoms with Gasteiger partial charge in [0.1, 0.15) is 16.5 Å². The van der Waals surface area contributed by atoms with E-state index in [-0.39, 0.29) is 41.6 Å². The van der Waals surface area contributed by atoms with Gasteiger partial charge in [0.25, 0.3) is 0 Å². The van der Waals surface area contributed by atoms with Crippen LogP contribution in [0.1, 0.15) is 23.6 Å². The summed E-state index contributed by atoms with van der Waals surface area (Å²) in [6.45, 7) is -0.502. The van der Waals surface area contributed by atoms with Crippen LogP contribution in [0.25, 0.3) is 0 Å². The summed E-state index contributed by atoms with van der Waals surface area (Å²) in [7, 11) is -2.12. The van der Waals surface area contributed by atoms with Crippen LogP contribution in [0.15, 0.2) is 53.7 Å². The molecule has 0 unspecified atom stereocenters. The average Bonchev–Trinajstić information content (AvgIpc) is 3.39. The summed E-state index contributed by atoms with van der Waals surface area (Å²) in [6.07, 6.45) is 4.02. The van der Waals surface area contributed by atoms with Crippen molar-refractivity contribution in [1.82, 2.24) is 19.1 Å². The second-order valence-electron chi connectivity index (χ2n) is 7.70. The standard InChI is InChI=1S/C21H23ClFN5O3S/c1-27-7-6-19(26-27)17-11-20(17)25-21-18(22)10-16(12-24-21)32(30,31)28(8-9-29)13-14-2-4-15(23)5-3-14/h2-7,10,12,17,20,29H,8-9,11,13H2,1H3,(H,24,25)/t17-,20+/m0/s1. The number of pyridine rings is 1. The van der Waals surface area contributed by atoms with E-state index in [1.165, 1.54) is 36.5 Å². The Labute approximate surface area is 190 Å². The first-order chi connectivity index (χ1) is 15.3. The van der Waals surface area contributed by atoms with Gasteiger partial charge in [-0.1, -0.05) is 23.7 Å². The lowest BCUT2D eigenvalue weighted by Gasteiger charge is -2.21. The molecule has 32 heavy (non-hydrogen) atoms. The fourth-order valence-electron chi connectivity index (χ4n) is 3.49. The first-order valence-electron chi connectivity index (χ1n) is 10.0. The van der Waals surface area contributed by atoms with E-state index in [0.717, 1.165) is 16.4 Å². The van der Waals surface area contributed by atoms with Gasteiger partial charge in [0.2, 0.25) is 10.0 Å². The molecule has 2 aromatic heterocycles. The third kappa shape index (κ3) is 4.93. The predicted octanol–water partition coefficient (Wildman–Crippen LogP) is 2.76. The monoisotopic (exact) mass is 479 g/mol. The molecule has 2 heterocycles. The van der Waals surface area contributed by atoms with Crippen LogP contribution in [0, 0.1) is 5.82 Å². The molecule has 1 aromatic carbocycles. The molecule has 1 aliphatic rings. The lowest BCUT2D eigenvalue weighted by atomic mass is 10.2. The molecule has 170 valence electrons. The van der Waals surface area contributed by atoms with E-state index in [2.05, 4.69) is 15.4 Å². The van der Waals surface area contributed by atoms with E-state index in [4.69, 9.17) is 11.6 Å². The van der Waals surface area contributed by atoms with Gasteiger partial charge < -0.3 is 10.4 Å². The Morgan fingerprint density at radius 2 is 2.06 bits per heavy atom. The number of halogens is 2. The molecule has 0 spiro atoms. The highest BCUT2D eigenvalue weighted by Gasteiger charge is 2.40. The summed E-state index contributed by atoms with van der Waals surface area (Å²) in [4.78, 5) is 4.15. The SMILES string of the molecule is Cn1ccc([C@@H]2C[C@H]2Nc2ncc(S(=O)(=O)N(CCO)Cc3ccc(F)cc3)cc2Cl)n1. The highest BCUT2D eigenvalue weighted by atomic mass is 35.5. The number of aryl methyl sites for hydroxylation is 1. The lowest BCUT2D eigenvalue weighted by Crippen LogP contribution is -2.33. The Balaban J connectivity index is 1.49. The van der Waals surface area contributed by atoms with Crippen molar-refractivity contribution in [3.05, 3.63) is 70.9 Å². The summed E-state index contributed by atoms with van der Waals surface area (Å²) < 4.78 is 42.3. The Morgan fingerprint density at radius 3 is 2.69 bits per heavy atom. The molecule has 3 aromatic rings. The summed E-state index contributed by atoms with van der Waals surface area (Å²) in [6, 6.07) is 8.96. The van der Waals surface area contributed by atoms with Crippen molar-refractivity contribution in [3.63, 3.8) is 0 Å². The zero-order valence-corrected chi connectivity index (χ0v) is 18.9. The number of nitrogens with one attached hydrogen (secondary N) is 1. The van der Waals surface area contributed by atoms with Crippen molar-refractivity contribution in [2.45, 2.75) is 29.8 Å². The van der Waals surface area contributed by atoms with Gasteiger partial charge in [-0.2, -0.15) is 9.40 Å². The minimum atomic E-state index is -3.98. The molecule has 1 saturated carbocycles. The number of aromatic nitrogens is 3. The van der Waals surface area contributed by atoms with Crippen LogP contribution in [0.3, 0.4) is 0 Å². The number of rotatable bonds is 9. The van der Waals surface area contributed by atoms with Crippen LogP contribution in [0.4, 0.5) is 10.2 Å². The third-order valence-electron chi connectivity index (χ3n) is 5.30. The molecule has 0 bridgehead atoms. The van der Waals surface area contributed by atoms with Gasteiger partial charge in [-0.05, 0) is 36.2 Å². The lowest BCUT2D eigenvalue weighted by molar-refractivity contribution is 0.251. The highest BCUT2D eigenvalue weighted by Crippen LogP contribution is 2.42. The van der Waals surface area contributed by atoms with Crippen molar-refractivity contribution < 1.29 is 17.9 Å². The van der Waals surface area contributed by atoms with Gasteiger partial charge >= 0.3 is 0 Å². The maximum absolute atomic E-state index is 13.2. The Kier molecular flexibility index (Phi) is 6.47. The minimum Gasteiger partial charge on any atom is -0.395 e. The van der Waals surface area contributed by atoms with Crippen molar-refractivity contribution in [1.29, 1.82) is 0 Å². The third-order valence-corrected chi connectivity index (χ3v) is 7.40. The summed E-state index contributed by atoms with van der Waals surface area (Å²) >= 11 is 6.35. The van der Waals surface area contributed by atoms with E-state index in [9.17, 15) is 17.9 Å². The van der Waals surface area contributed by atoms with Gasteiger partial charge in [0.15, 0.2) is 0 Å². The van der Waals surface area contributed by atoms with Crippen molar-refractivity contribution in [2.75, 3.05) is 18.5 Å². The molecular formula is C21H23ClFN5O3S. The van der Waals surface area contributed by atoms with Crippen molar-refractivity contribution in [2.24, 2.45) is 7.05 Å². The zero-order valence-electron chi connectivity index (χ0n) is 17.3. The topological polar surface area (TPSA) is 100 Å². The summed E-state index contributed by atoms with van der Waals surface area (Å²) in [5.41, 5.74) is 1.58. The van der Waals surface area contributed by atoms with Crippen LogP contribution in [0.2, 0.25) is 5.02 Å². The first-order valence-corrected chi connectivity index (χ1v) is 11.9. The molecule has 8 nitrogen and oxygen atoms in total. The van der Waals surface area contributed by atoms with Crippen LogP contribution < -0.4 is 5.32 Å². The maximum Gasteiger partial charge on any atom is 0.245 e. The number of hydrogen-bond acceptors (Lipinski definition) is 6. The van der Waals surface area contributed by atoms with E-state index < -0.39 is 15.8 Å². The molecule has 2 atom stereocenters. The highest BCUT2D eigenvalue weighted by molar-refractivity contribution is 7.89. The number of aliphatic hydroxyl groups excluding tert-OH is 1. The molecule has 1 aliphatic carbocycles. The van der Waals surface area contributed by atoms with Gasteiger partial charge in [-0.15, -0.1) is 0 Å². The second kappa shape index (κ2) is 9.14. The Morgan fingerprint density at radius 1 is 1.31 bits per heavy atom. The van der Waals surface area contributed by atoms with Crippen LogP contribution in [-0.4, -0.2) is 51.8 Å². The Hall–Kier alpha value is -2.53. The molecule has 0 saturated heterocycles. The number of nitrogens with zero attached hydrogens (tertiary/aromatic N) is 4. The number of hydrogen-bond donors (Lipinski definition) is 2. The van der Waals surface area contributed by atoms with Crippen LogP contribution in [0.5, 0.6) is 0 Å². The first kappa shape index (κ1) is 22.7. The molecule has 0 radical (unpaired) electrons. The number of sulfonamides is 1. The van der Waals surface area contributed by atoms with Crippen molar-refractivity contribution in [3.8, 4) is 0 Å². The van der Waals surface area contributed by atoms with E-state index >= 15 is 0 Å². The largest absolute Gasteiger partial charge is 0.395 e. The zero-order chi connectivity index (χ0) is 22.9. The van der Waals surface area contributed by atoms with Crippen LogP contribution >= 0.6 is 11.6 Å². The fourth-order valence-corrected chi connectivity index (χ4v) is 5.17. The predicted molar refractivity (Wildman–Crippen MR) is 118 cm³/mol. The summed E-state index contributed by atoms with van der Waals surface area (Å²) in [5, 5.41) is 17.2. The molecule has 0 amide bonds. The van der Waals surface area contributed by atoms with Gasteiger partial charge in [-0.3, -0.25) is 4.68 Å². The van der Waals surface area contributed by atoms with E-state index in [0.29, 0.717) is 11.4 Å². The van der Waals surface area contributed by atoms with Crippen LogP contribution in [-0.2, 0) is 23.6 Å². The van der Waals surface area contributed by atoms with Crippen molar-refractivity contribution >= 4 is 27.4 Å². The average molecular weight is 480 g/mol. The molecule has 2 N–H and O–H groups in total. The number of aliphatic hydroxyl groups is 1. The summed E-state index contributed by atoms with van der Waals surface area (Å²) in [5.74, 6) is 0.250. The molecule has 4 rings (SSSR count). The van der Waals surface area contributed by atoms with Gasteiger partial charge in [-0.25, -0.2) is 17.8 Å². The fraction of sp³-hybridized carbons (Fsp3) is 0.333. The molecule has 11 heteroatoms. The molecular weight excluding hydrogens is 457 g/mol. The van der Waals surface area contributed by atoms with Gasteiger partial charge in [0, 0.05) is 44.5 Å². The second-order valence-corrected chi connectivity index (χ2v) is 10.0. The number of anilines is 1. The van der Waals surface area contributed by atoms with E-state index in [1.54, 1.807) is 4.68 Å². The van der Waals surface area contributed by atoms with E-state index in [1.807, 2.05) is 19.3 Å². The maximum atomic E-state index is 13.2. The quantitative estimate of drug-likeness (QED) is 0.489. The number of benzene rings is 1. The smallest absolute Gasteiger partial charge is 0.245 e. The molecule has 1 fully saturated rings. The Bertz CT molecular complexity index is 1200. The minimum absolute atomic E-state index is 0.0192. The molecule has 0 aliphatic heterocycles. The normalized spacial score (nSPS) is 18.2. The van der Waals surface area contributed by atoms with Gasteiger partial charge in [0.05, 0.1) is 17.3 Å².